The number of H-pyrrole nitrogens is 1. The smallest absolute Gasteiger partial charge is 0.0465 e. The fraction of sp³-hybridized carbons (Fsp3) is 0. The predicted octanol–water partition coefficient (Wildman–Crippen LogP) is 3.35. The van der Waals surface area contributed by atoms with Crippen LogP contribution in [0, 0.1) is 0 Å². The average Bonchev–Trinajstić information content (AvgIpc) is 2.33. The van der Waals surface area contributed by atoms with E-state index in [0.29, 0.717) is 0 Å². The second-order valence-electron chi connectivity index (χ2n) is 2.21. The summed E-state index contributed by atoms with van der Waals surface area (Å²) >= 11 is 3.40. The monoisotopic (exact) mass is 231 g/mol. The molecule has 0 spiro atoms. The standard InChI is InChI=1S/C8H6BrN.ClH/c9-7-2-1-6-3-4-10-8(6)5-7;/h1-5,10H;1H. The second kappa shape index (κ2) is 3.28. The highest BCUT2D eigenvalue weighted by Gasteiger charge is 1.92. The number of hydrogen-bond acceptors (Lipinski definition) is 0. The summed E-state index contributed by atoms with van der Waals surface area (Å²) in [5.74, 6) is 0. The first-order valence-electron chi connectivity index (χ1n) is 3.09. The fourth-order valence-corrected chi connectivity index (χ4v) is 1.38. The van der Waals surface area contributed by atoms with E-state index in [1.54, 1.807) is 0 Å². The summed E-state index contributed by atoms with van der Waals surface area (Å²) in [5.41, 5.74) is 1.18. The number of halogens is 2. The zero-order valence-corrected chi connectivity index (χ0v) is 8.08. The first-order chi connectivity index (χ1) is 4.86. The number of rotatable bonds is 0. The molecule has 0 aliphatic rings. The number of benzene rings is 1. The molecule has 0 saturated carbocycles. The lowest BCUT2D eigenvalue weighted by atomic mass is 10.3. The molecule has 0 bridgehead atoms. The summed E-state index contributed by atoms with van der Waals surface area (Å²) < 4.78 is 1.11. The van der Waals surface area contributed by atoms with E-state index >= 15 is 0 Å². The molecular formula is C8H7BrClN. The highest BCUT2D eigenvalue weighted by molar-refractivity contribution is 9.10. The zero-order chi connectivity index (χ0) is 6.97. The van der Waals surface area contributed by atoms with Crippen LogP contribution in [-0.4, -0.2) is 4.98 Å². The fourth-order valence-electron chi connectivity index (χ4n) is 1.02. The van der Waals surface area contributed by atoms with Crippen molar-refractivity contribution in [1.82, 2.24) is 4.98 Å². The van der Waals surface area contributed by atoms with Crippen molar-refractivity contribution in [2.24, 2.45) is 0 Å². The van der Waals surface area contributed by atoms with Crippen LogP contribution in [0.1, 0.15) is 0 Å². The van der Waals surface area contributed by atoms with Crippen molar-refractivity contribution in [1.29, 1.82) is 0 Å². The Morgan fingerprint density at radius 1 is 1.18 bits per heavy atom. The second-order valence-corrected chi connectivity index (χ2v) is 3.12. The van der Waals surface area contributed by atoms with Crippen molar-refractivity contribution in [3.05, 3.63) is 34.9 Å². The Hall–Kier alpha value is -0.470. The summed E-state index contributed by atoms with van der Waals surface area (Å²) in [4.78, 5) is 3.13. The first-order valence-corrected chi connectivity index (χ1v) is 3.88. The molecule has 58 valence electrons. The van der Waals surface area contributed by atoms with Crippen LogP contribution in [0.2, 0.25) is 0 Å². The van der Waals surface area contributed by atoms with Gasteiger partial charge < -0.3 is 4.98 Å². The Morgan fingerprint density at radius 3 is 2.82 bits per heavy atom. The third-order valence-corrected chi connectivity index (χ3v) is 2.01. The Balaban J connectivity index is 0.000000605. The topological polar surface area (TPSA) is 15.8 Å². The summed E-state index contributed by atoms with van der Waals surface area (Å²) in [6.07, 6.45) is 1.94. The number of fused-ring (bicyclic) bond motifs is 1. The summed E-state index contributed by atoms with van der Waals surface area (Å²) in [6, 6.07) is 8.24. The van der Waals surface area contributed by atoms with Crippen LogP contribution in [0.5, 0.6) is 0 Å². The third kappa shape index (κ3) is 1.57. The van der Waals surface area contributed by atoms with Gasteiger partial charge in [-0.1, -0.05) is 22.0 Å². The van der Waals surface area contributed by atoms with Crippen molar-refractivity contribution in [2.45, 2.75) is 0 Å². The largest absolute Gasteiger partial charge is 0.361 e. The molecule has 3 heteroatoms. The van der Waals surface area contributed by atoms with Crippen molar-refractivity contribution < 1.29 is 0 Å². The van der Waals surface area contributed by atoms with Gasteiger partial charge in [0.25, 0.3) is 0 Å². The van der Waals surface area contributed by atoms with Gasteiger partial charge in [0.1, 0.15) is 0 Å². The maximum Gasteiger partial charge on any atom is 0.0465 e. The van der Waals surface area contributed by atoms with E-state index in [0.717, 1.165) is 4.47 Å². The van der Waals surface area contributed by atoms with Crippen LogP contribution in [0.25, 0.3) is 10.9 Å². The molecule has 0 fully saturated rings. The van der Waals surface area contributed by atoms with Gasteiger partial charge in [-0.05, 0) is 23.6 Å². The van der Waals surface area contributed by atoms with Crippen LogP contribution in [0.4, 0.5) is 0 Å². The van der Waals surface area contributed by atoms with Crippen molar-refractivity contribution in [3.63, 3.8) is 0 Å². The van der Waals surface area contributed by atoms with Crippen LogP contribution < -0.4 is 0 Å². The van der Waals surface area contributed by atoms with Gasteiger partial charge >= 0.3 is 0 Å². The average molecular weight is 233 g/mol. The Morgan fingerprint density at radius 2 is 2.00 bits per heavy atom. The number of aromatic nitrogens is 1. The van der Waals surface area contributed by atoms with Gasteiger partial charge in [0, 0.05) is 16.2 Å². The minimum Gasteiger partial charge on any atom is -0.361 e. The molecule has 2 aromatic rings. The summed E-state index contributed by atoms with van der Waals surface area (Å²) in [6.45, 7) is 0. The summed E-state index contributed by atoms with van der Waals surface area (Å²) in [7, 11) is 0. The van der Waals surface area contributed by atoms with Crippen LogP contribution in [0.3, 0.4) is 0 Å². The molecule has 0 amide bonds. The van der Waals surface area contributed by atoms with Gasteiger partial charge in [-0.15, -0.1) is 12.4 Å². The SMILES string of the molecule is Brc1ccc2cc[nH]c2c1.Cl. The molecule has 1 nitrogen and oxygen atoms in total. The van der Waals surface area contributed by atoms with Gasteiger partial charge in [-0.3, -0.25) is 0 Å². The highest BCUT2D eigenvalue weighted by atomic mass is 79.9. The van der Waals surface area contributed by atoms with Crippen LogP contribution in [-0.2, 0) is 0 Å². The molecule has 2 rings (SSSR count). The molecule has 1 heterocycles. The van der Waals surface area contributed by atoms with Gasteiger partial charge in [-0.25, -0.2) is 0 Å². The molecule has 11 heavy (non-hydrogen) atoms. The molecule has 0 saturated heterocycles. The lowest BCUT2D eigenvalue weighted by molar-refractivity contribution is 1.47. The lowest BCUT2D eigenvalue weighted by Crippen LogP contribution is -1.66. The minimum atomic E-state index is 0. The molecule has 0 atom stereocenters. The van der Waals surface area contributed by atoms with Gasteiger partial charge in [0.15, 0.2) is 0 Å². The van der Waals surface area contributed by atoms with Crippen LogP contribution in [0.15, 0.2) is 34.9 Å². The Kier molecular flexibility index (Phi) is 2.58. The quantitative estimate of drug-likeness (QED) is 0.717. The molecule has 1 N–H and O–H groups in total. The van der Waals surface area contributed by atoms with Crippen molar-refractivity contribution >= 4 is 39.2 Å². The molecule has 1 aromatic carbocycles. The maximum atomic E-state index is 3.40. The van der Waals surface area contributed by atoms with E-state index in [-0.39, 0.29) is 12.4 Å². The maximum absolute atomic E-state index is 3.40. The number of aromatic amines is 1. The van der Waals surface area contributed by atoms with Gasteiger partial charge in [0.2, 0.25) is 0 Å². The highest BCUT2D eigenvalue weighted by Crippen LogP contribution is 2.17. The van der Waals surface area contributed by atoms with Gasteiger partial charge in [-0.2, -0.15) is 0 Å². The van der Waals surface area contributed by atoms with Crippen molar-refractivity contribution in [3.8, 4) is 0 Å². The Labute approximate surface area is 79.3 Å². The molecule has 0 aliphatic heterocycles. The molecular weight excluding hydrogens is 225 g/mol. The zero-order valence-electron chi connectivity index (χ0n) is 5.67. The third-order valence-electron chi connectivity index (χ3n) is 1.52. The predicted molar refractivity (Wildman–Crippen MR) is 53.2 cm³/mol. The van der Waals surface area contributed by atoms with E-state index in [4.69, 9.17) is 0 Å². The lowest BCUT2D eigenvalue weighted by Gasteiger charge is -1.89. The number of nitrogens with one attached hydrogen (secondary N) is 1. The van der Waals surface area contributed by atoms with E-state index in [9.17, 15) is 0 Å². The van der Waals surface area contributed by atoms with E-state index in [1.807, 2.05) is 12.3 Å². The molecule has 0 radical (unpaired) electrons. The van der Waals surface area contributed by atoms with E-state index in [2.05, 4.69) is 39.1 Å². The Bertz CT molecular complexity index is 356. The minimum absolute atomic E-state index is 0. The van der Waals surface area contributed by atoms with Crippen LogP contribution >= 0.6 is 28.3 Å². The number of hydrogen-bond donors (Lipinski definition) is 1. The van der Waals surface area contributed by atoms with E-state index < -0.39 is 0 Å². The van der Waals surface area contributed by atoms with E-state index in [1.165, 1.54) is 10.9 Å². The molecule has 0 aliphatic carbocycles. The molecule has 0 unspecified atom stereocenters. The van der Waals surface area contributed by atoms with Crippen molar-refractivity contribution in [2.75, 3.05) is 0 Å². The molecule has 1 aromatic heterocycles. The van der Waals surface area contributed by atoms with Gasteiger partial charge in [0.05, 0.1) is 0 Å². The normalized spacial score (nSPS) is 9.55. The summed E-state index contributed by atoms with van der Waals surface area (Å²) in [5, 5.41) is 1.25. The first kappa shape index (κ1) is 8.62.